The predicted molar refractivity (Wildman–Crippen MR) is 102 cm³/mol. The number of H-pyrrole nitrogens is 1. The van der Waals surface area contributed by atoms with Crippen molar-refractivity contribution in [3.05, 3.63) is 34.1 Å². The average molecular weight is 370 g/mol. The van der Waals surface area contributed by atoms with Gasteiger partial charge in [-0.25, -0.2) is 9.67 Å². The maximum atomic E-state index is 12.0. The van der Waals surface area contributed by atoms with Crippen LogP contribution < -0.4 is 14.3 Å². The second-order valence-electron chi connectivity index (χ2n) is 6.17. The number of hydrogen-bond acceptors (Lipinski definition) is 6. The number of nitrogens with zero attached hydrogens (tertiary/aromatic N) is 3. The first-order valence-electron chi connectivity index (χ1n) is 8.16. The standard InChI is InChI=1S/C18H18N4O3S/c1-9(2)22-17-11(8-19-22)14(15-16(20-17)21-18(23)26-15)10-5-6-12(24-3)13(7-10)25-4/h5-9H,1-4H3,(H,20,21,23). The number of aromatic nitrogens is 4. The van der Waals surface area contributed by atoms with Gasteiger partial charge < -0.3 is 9.47 Å². The number of thiazole rings is 1. The molecule has 0 bridgehead atoms. The van der Waals surface area contributed by atoms with Gasteiger partial charge in [-0.1, -0.05) is 17.4 Å². The number of rotatable bonds is 4. The van der Waals surface area contributed by atoms with Gasteiger partial charge in [0.25, 0.3) is 0 Å². The summed E-state index contributed by atoms with van der Waals surface area (Å²) >= 11 is 1.15. The molecule has 4 aromatic rings. The molecule has 26 heavy (non-hydrogen) atoms. The molecule has 0 radical (unpaired) electrons. The van der Waals surface area contributed by atoms with E-state index in [1.165, 1.54) is 0 Å². The summed E-state index contributed by atoms with van der Waals surface area (Å²) in [5.41, 5.74) is 3.14. The Balaban J connectivity index is 2.11. The molecule has 7 nitrogen and oxygen atoms in total. The van der Waals surface area contributed by atoms with Gasteiger partial charge in [0.05, 0.1) is 25.1 Å². The van der Waals surface area contributed by atoms with E-state index in [-0.39, 0.29) is 10.9 Å². The summed E-state index contributed by atoms with van der Waals surface area (Å²) in [5.74, 6) is 1.28. The van der Waals surface area contributed by atoms with Crippen molar-refractivity contribution >= 4 is 32.7 Å². The molecule has 134 valence electrons. The first-order chi connectivity index (χ1) is 12.5. The van der Waals surface area contributed by atoms with E-state index in [0.29, 0.717) is 17.1 Å². The van der Waals surface area contributed by atoms with Crippen LogP contribution in [0.15, 0.2) is 29.2 Å². The Hall–Kier alpha value is -2.87. The molecule has 0 saturated heterocycles. The maximum absolute atomic E-state index is 12.0. The van der Waals surface area contributed by atoms with Crippen LogP contribution in [0.3, 0.4) is 0 Å². The number of hydrogen-bond donors (Lipinski definition) is 1. The first-order valence-corrected chi connectivity index (χ1v) is 8.97. The number of aromatic amines is 1. The topological polar surface area (TPSA) is 82.0 Å². The molecule has 0 aliphatic heterocycles. The van der Waals surface area contributed by atoms with Crippen molar-refractivity contribution in [2.45, 2.75) is 19.9 Å². The zero-order chi connectivity index (χ0) is 18.4. The van der Waals surface area contributed by atoms with Crippen LogP contribution in [0.5, 0.6) is 11.5 Å². The minimum absolute atomic E-state index is 0.133. The van der Waals surface area contributed by atoms with Crippen LogP contribution in [0, 0.1) is 0 Å². The molecule has 0 atom stereocenters. The molecule has 0 aliphatic carbocycles. The van der Waals surface area contributed by atoms with E-state index in [1.807, 2.05) is 36.7 Å². The van der Waals surface area contributed by atoms with Gasteiger partial charge in [-0.2, -0.15) is 5.10 Å². The largest absolute Gasteiger partial charge is 0.493 e. The maximum Gasteiger partial charge on any atom is 0.306 e. The number of fused-ring (bicyclic) bond motifs is 2. The van der Waals surface area contributed by atoms with Gasteiger partial charge in [0.15, 0.2) is 22.8 Å². The molecule has 1 N–H and O–H groups in total. The van der Waals surface area contributed by atoms with Crippen LogP contribution in [0.2, 0.25) is 0 Å². The lowest BCUT2D eigenvalue weighted by Crippen LogP contribution is -2.03. The second kappa shape index (κ2) is 6.14. The molecule has 8 heteroatoms. The smallest absolute Gasteiger partial charge is 0.306 e. The Bertz CT molecular complexity index is 1170. The van der Waals surface area contributed by atoms with Crippen LogP contribution in [0.25, 0.3) is 32.5 Å². The van der Waals surface area contributed by atoms with Gasteiger partial charge in [0, 0.05) is 17.0 Å². The summed E-state index contributed by atoms with van der Waals surface area (Å²) in [4.78, 5) is 19.3. The van der Waals surface area contributed by atoms with E-state index < -0.39 is 0 Å². The summed E-state index contributed by atoms with van der Waals surface area (Å²) < 4.78 is 13.4. The van der Waals surface area contributed by atoms with Crippen LogP contribution in [0.4, 0.5) is 0 Å². The highest BCUT2D eigenvalue weighted by molar-refractivity contribution is 7.17. The number of benzene rings is 1. The average Bonchev–Trinajstić information content (AvgIpc) is 3.21. The molecule has 0 amide bonds. The number of pyridine rings is 1. The van der Waals surface area contributed by atoms with Crippen molar-refractivity contribution in [3.8, 4) is 22.6 Å². The van der Waals surface area contributed by atoms with Crippen molar-refractivity contribution in [1.82, 2.24) is 19.7 Å². The highest BCUT2D eigenvalue weighted by Crippen LogP contribution is 2.39. The van der Waals surface area contributed by atoms with Gasteiger partial charge >= 0.3 is 4.87 Å². The number of nitrogens with one attached hydrogen (secondary N) is 1. The lowest BCUT2D eigenvalue weighted by molar-refractivity contribution is 0.355. The molecule has 0 aliphatic rings. The Morgan fingerprint density at radius 1 is 1.19 bits per heavy atom. The van der Waals surface area contributed by atoms with E-state index in [9.17, 15) is 4.79 Å². The first kappa shape index (κ1) is 16.6. The third-order valence-corrected chi connectivity index (χ3v) is 5.16. The van der Waals surface area contributed by atoms with Crippen LogP contribution in [-0.4, -0.2) is 34.0 Å². The summed E-state index contributed by atoms with van der Waals surface area (Å²) in [6, 6.07) is 5.87. The molecule has 0 saturated carbocycles. The van der Waals surface area contributed by atoms with Gasteiger partial charge in [0.1, 0.15) is 0 Å². The summed E-state index contributed by atoms with van der Waals surface area (Å²) in [5, 5.41) is 5.39. The monoisotopic (exact) mass is 370 g/mol. The molecular formula is C18H18N4O3S. The molecular weight excluding hydrogens is 352 g/mol. The zero-order valence-electron chi connectivity index (χ0n) is 14.9. The lowest BCUT2D eigenvalue weighted by Gasteiger charge is -2.11. The Labute approximate surface area is 153 Å². The fourth-order valence-corrected chi connectivity index (χ4v) is 3.95. The molecule has 0 unspecified atom stereocenters. The fraction of sp³-hybridized carbons (Fsp3) is 0.278. The molecule has 3 heterocycles. The molecule has 1 aromatic carbocycles. The van der Waals surface area contributed by atoms with Crippen molar-refractivity contribution in [2.24, 2.45) is 0 Å². The normalized spacial score (nSPS) is 11.6. The fourth-order valence-electron chi connectivity index (χ4n) is 3.10. The molecule has 0 fully saturated rings. The van der Waals surface area contributed by atoms with Gasteiger partial charge in [-0.05, 0) is 31.5 Å². The minimum Gasteiger partial charge on any atom is -0.493 e. The highest BCUT2D eigenvalue weighted by Gasteiger charge is 2.19. The summed E-state index contributed by atoms with van der Waals surface area (Å²) in [6.45, 7) is 4.09. The van der Waals surface area contributed by atoms with Crippen molar-refractivity contribution < 1.29 is 9.47 Å². The van der Waals surface area contributed by atoms with E-state index >= 15 is 0 Å². The van der Waals surface area contributed by atoms with E-state index in [2.05, 4.69) is 15.1 Å². The minimum atomic E-state index is -0.133. The van der Waals surface area contributed by atoms with Gasteiger partial charge in [-0.15, -0.1) is 0 Å². The number of methoxy groups -OCH3 is 2. The molecule has 4 rings (SSSR count). The van der Waals surface area contributed by atoms with Crippen molar-refractivity contribution in [1.29, 1.82) is 0 Å². The third kappa shape index (κ3) is 2.45. The quantitative estimate of drug-likeness (QED) is 0.593. The second-order valence-corrected chi connectivity index (χ2v) is 7.15. The van der Waals surface area contributed by atoms with E-state index in [4.69, 9.17) is 9.47 Å². The van der Waals surface area contributed by atoms with Crippen LogP contribution in [-0.2, 0) is 0 Å². The van der Waals surface area contributed by atoms with Gasteiger partial charge in [-0.3, -0.25) is 9.78 Å². The highest BCUT2D eigenvalue weighted by atomic mass is 32.1. The van der Waals surface area contributed by atoms with Crippen LogP contribution in [0.1, 0.15) is 19.9 Å². The van der Waals surface area contributed by atoms with E-state index in [1.54, 1.807) is 20.4 Å². The van der Waals surface area contributed by atoms with Gasteiger partial charge in [0.2, 0.25) is 0 Å². The van der Waals surface area contributed by atoms with Crippen molar-refractivity contribution in [2.75, 3.05) is 14.2 Å². The zero-order valence-corrected chi connectivity index (χ0v) is 15.7. The number of ether oxygens (including phenoxy) is 2. The Kier molecular flexibility index (Phi) is 3.91. The SMILES string of the molecule is COc1ccc(-c2c3cnn(C(C)C)c3nc3[nH]c(=O)sc23)cc1OC. The summed E-state index contributed by atoms with van der Waals surface area (Å²) in [6.07, 6.45) is 1.80. The lowest BCUT2D eigenvalue weighted by atomic mass is 10.0. The van der Waals surface area contributed by atoms with Crippen LogP contribution >= 0.6 is 11.3 Å². The third-order valence-electron chi connectivity index (χ3n) is 4.27. The molecule has 0 spiro atoms. The van der Waals surface area contributed by atoms with Crippen molar-refractivity contribution in [3.63, 3.8) is 0 Å². The Morgan fingerprint density at radius 3 is 2.65 bits per heavy atom. The molecule has 3 aromatic heterocycles. The van der Waals surface area contributed by atoms with E-state index in [0.717, 1.165) is 38.2 Å². The predicted octanol–water partition coefficient (Wildman–Crippen LogP) is 3.60. The Morgan fingerprint density at radius 2 is 1.96 bits per heavy atom. The summed E-state index contributed by atoms with van der Waals surface area (Å²) in [7, 11) is 3.20.